The number of nitrogens with zero attached hydrogens (tertiary/aromatic N) is 5. The van der Waals surface area contributed by atoms with E-state index < -0.39 is 0 Å². The second-order valence-electron chi connectivity index (χ2n) is 7.17. The van der Waals surface area contributed by atoms with Gasteiger partial charge in [-0.2, -0.15) is 10.4 Å². The van der Waals surface area contributed by atoms with Crippen LogP contribution in [-0.2, 0) is 7.05 Å². The fourth-order valence-electron chi connectivity index (χ4n) is 3.08. The predicted molar refractivity (Wildman–Crippen MR) is 121 cm³/mol. The first-order chi connectivity index (χ1) is 14.5. The molecule has 0 spiro atoms. The molecule has 0 aliphatic rings. The van der Waals surface area contributed by atoms with Crippen molar-refractivity contribution in [2.75, 3.05) is 0 Å². The molecule has 2 heterocycles. The molecule has 0 bridgehead atoms. The van der Waals surface area contributed by atoms with Gasteiger partial charge in [-0.3, -0.25) is 4.68 Å². The lowest BCUT2D eigenvalue weighted by atomic mass is 10.1. The van der Waals surface area contributed by atoms with Crippen LogP contribution in [0.3, 0.4) is 0 Å². The van der Waals surface area contributed by atoms with Crippen LogP contribution in [0.2, 0.25) is 5.02 Å². The largest absolute Gasteiger partial charge is 0.320 e. The maximum atomic E-state index is 9.12. The number of imidazole rings is 1. The van der Waals surface area contributed by atoms with Crippen LogP contribution in [0, 0.1) is 11.3 Å². The molecule has 0 unspecified atom stereocenters. The van der Waals surface area contributed by atoms with E-state index in [1.54, 1.807) is 11.8 Å². The molecule has 5 nitrogen and oxygen atoms in total. The summed E-state index contributed by atoms with van der Waals surface area (Å²) < 4.78 is 4.00. The first kappa shape index (κ1) is 20.3. The smallest absolute Gasteiger partial charge is 0.161 e. The molecule has 0 atom stereocenters. The Hall–Kier alpha value is -3.01. The molecule has 0 N–H and O–H groups in total. The Morgan fingerprint density at radius 3 is 2.33 bits per heavy atom. The average molecular weight is 434 g/mol. The average Bonchev–Trinajstić information content (AvgIpc) is 3.36. The zero-order valence-electron chi connectivity index (χ0n) is 16.9. The molecule has 2 aromatic heterocycles. The molecule has 0 radical (unpaired) electrons. The van der Waals surface area contributed by atoms with E-state index in [1.807, 2.05) is 72.5 Å². The van der Waals surface area contributed by atoms with E-state index >= 15 is 0 Å². The van der Waals surface area contributed by atoms with E-state index in [1.165, 1.54) is 0 Å². The van der Waals surface area contributed by atoms with Crippen molar-refractivity contribution in [3.05, 3.63) is 71.4 Å². The Labute approximate surface area is 184 Å². The van der Waals surface area contributed by atoms with Crippen LogP contribution in [0.5, 0.6) is 0 Å². The van der Waals surface area contributed by atoms with Crippen molar-refractivity contribution in [2.24, 2.45) is 7.05 Å². The topological polar surface area (TPSA) is 59.4 Å². The quantitative estimate of drug-likeness (QED) is 0.375. The van der Waals surface area contributed by atoms with Crippen molar-refractivity contribution in [2.45, 2.75) is 29.8 Å². The second-order valence-corrected chi connectivity index (χ2v) is 8.67. The summed E-state index contributed by atoms with van der Waals surface area (Å²) in [6, 6.07) is 19.7. The molecule has 0 saturated carbocycles. The van der Waals surface area contributed by atoms with Gasteiger partial charge in [0.05, 0.1) is 11.6 Å². The minimum atomic E-state index is 0.278. The summed E-state index contributed by atoms with van der Waals surface area (Å²) in [4.78, 5) is 6.02. The van der Waals surface area contributed by atoms with E-state index in [-0.39, 0.29) is 6.04 Å². The van der Waals surface area contributed by atoms with Crippen molar-refractivity contribution in [3.8, 4) is 28.8 Å². The van der Waals surface area contributed by atoms with Gasteiger partial charge in [0.1, 0.15) is 16.4 Å². The lowest BCUT2D eigenvalue weighted by molar-refractivity contribution is 0.533. The molecule has 150 valence electrons. The van der Waals surface area contributed by atoms with Gasteiger partial charge in [0.2, 0.25) is 0 Å². The summed E-state index contributed by atoms with van der Waals surface area (Å²) in [7, 11) is 2.00. The Morgan fingerprint density at radius 1 is 1.03 bits per heavy atom. The number of hydrogen-bond donors (Lipinski definition) is 0. The third kappa shape index (κ3) is 4.00. The minimum absolute atomic E-state index is 0.278. The van der Waals surface area contributed by atoms with Crippen molar-refractivity contribution < 1.29 is 0 Å². The maximum Gasteiger partial charge on any atom is 0.161 e. The molecular weight excluding hydrogens is 414 g/mol. The van der Waals surface area contributed by atoms with Crippen LogP contribution >= 0.6 is 23.4 Å². The van der Waals surface area contributed by atoms with Crippen LogP contribution in [0.4, 0.5) is 0 Å². The van der Waals surface area contributed by atoms with Crippen LogP contribution < -0.4 is 0 Å². The molecule has 4 rings (SSSR count). The normalized spacial score (nSPS) is 11.1. The van der Waals surface area contributed by atoms with Gasteiger partial charge in [0.25, 0.3) is 0 Å². The van der Waals surface area contributed by atoms with E-state index in [0.717, 1.165) is 32.7 Å². The van der Waals surface area contributed by atoms with Crippen molar-refractivity contribution in [3.63, 3.8) is 0 Å². The molecule has 0 aliphatic carbocycles. The van der Waals surface area contributed by atoms with E-state index in [9.17, 15) is 0 Å². The number of halogens is 1. The van der Waals surface area contributed by atoms with E-state index in [4.69, 9.17) is 26.9 Å². The van der Waals surface area contributed by atoms with Gasteiger partial charge in [0, 0.05) is 34.8 Å². The molecule has 0 fully saturated rings. The summed E-state index contributed by atoms with van der Waals surface area (Å²) in [6.45, 7) is 4.19. The van der Waals surface area contributed by atoms with Crippen LogP contribution in [0.15, 0.2) is 70.7 Å². The Morgan fingerprint density at radius 2 is 1.73 bits per heavy atom. The number of rotatable bonds is 5. The van der Waals surface area contributed by atoms with Gasteiger partial charge >= 0.3 is 0 Å². The van der Waals surface area contributed by atoms with Crippen LogP contribution in [-0.4, -0.2) is 19.3 Å². The Kier molecular flexibility index (Phi) is 5.67. The third-order valence-electron chi connectivity index (χ3n) is 4.72. The first-order valence-electron chi connectivity index (χ1n) is 9.52. The zero-order chi connectivity index (χ0) is 21.3. The fraction of sp³-hybridized carbons (Fsp3) is 0.174. The summed E-state index contributed by atoms with van der Waals surface area (Å²) >= 11 is 7.68. The number of benzene rings is 2. The second kappa shape index (κ2) is 8.39. The zero-order valence-corrected chi connectivity index (χ0v) is 18.4. The highest BCUT2D eigenvalue weighted by Gasteiger charge is 2.20. The van der Waals surface area contributed by atoms with Gasteiger partial charge in [-0.25, -0.2) is 4.98 Å². The molecule has 7 heteroatoms. The SMILES string of the molecule is CC(C)n1ccc(-c2nc(-c3ccc(C#N)cc3)c(Sc3ccc(Cl)cc3)n2C)n1. The minimum Gasteiger partial charge on any atom is -0.320 e. The molecule has 2 aromatic carbocycles. The highest BCUT2D eigenvalue weighted by Crippen LogP contribution is 2.38. The Bertz CT molecular complexity index is 1210. The van der Waals surface area contributed by atoms with Crippen molar-refractivity contribution >= 4 is 23.4 Å². The lowest BCUT2D eigenvalue weighted by Gasteiger charge is -2.07. The van der Waals surface area contributed by atoms with E-state index in [2.05, 4.69) is 24.5 Å². The summed E-state index contributed by atoms with van der Waals surface area (Å²) in [6.07, 6.45) is 1.97. The third-order valence-corrected chi connectivity index (χ3v) is 6.15. The van der Waals surface area contributed by atoms with Gasteiger partial charge in [0.15, 0.2) is 5.82 Å². The molecule has 0 saturated heterocycles. The summed E-state index contributed by atoms with van der Waals surface area (Å²) in [5, 5.41) is 15.5. The van der Waals surface area contributed by atoms with E-state index in [0.29, 0.717) is 10.6 Å². The van der Waals surface area contributed by atoms with Gasteiger partial charge < -0.3 is 4.57 Å². The molecular formula is C23H20ClN5S. The molecule has 0 aliphatic heterocycles. The highest BCUT2D eigenvalue weighted by molar-refractivity contribution is 7.99. The predicted octanol–water partition coefficient (Wildman–Crippen LogP) is 6.21. The molecule has 30 heavy (non-hydrogen) atoms. The summed E-state index contributed by atoms with van der Waals surface area (Å²) in [5.74, 6) is 0.797. The monoisotopic (exact) mass is 433 g/mol. The van der Waals surface area contributed by atoms with Crippen molar-refractivity contribution in [1.82, 2.24) is 19.3 Å². The standard InChI is InChI=1S/C23H20ClN5S/c1-15(2)29-13-12-20(27-29)22-26-21(17-6-4-16(14-25)5-7-17)23(28(22)3)30-19-10-8-18(24)9-11-19/h4-13,15H,1-3H3. The van der Waals surface area contributed by atoms with Gasteiger partial charge in [-0.05, 0) is 56.3 Å². The first-order valence-corrected chi connectivity index (χ1v) is 10.7. The maximum absolute atomic E-state index is 9.12. The van der Waals surface area contributed by atoms with Gasteiger partial charge in [-0.15, -0.1) is 0 Å². The number of hydrogen-bond acceptors (Lipinski definition) is 4. The van der Waals surface area contributed by atoms with Crippen LogP contribution in [0.25, 0.3) is 22.8 Å². The summed E-state index contributed by atoms with van der Waals surface area (Å²) in [5.41, 5.74) is 3.26. The van der Waals surface area contributed by atoms with Gasteiger partial charge in [-0.1, -0.05) is 35.5 Å². The fourth-order valence-corrected chi connectivity index (χ4v) is 4.18. The number of nitriles is 1. The molecule has 4 aromatic rings. The highest BCUT2D eigenvalue weighted by atomic mass is 35.5. The Balaban J connectivity index is 1.83. The van der Waals surface area contributed by atoms with Crippen molar-refractivity contribution in [1.29, 1.82) is 5.26 Å². The van der Waals surface area contributed by atoms with Crippen LogP contribution in [0.1, 0.15) is 25.5 Å². The molecule has 0 amide bonds. The number of aromatic nitrogens is 4. The lowest BCUT2D eigenvalue weighted by Crippen LogP contribution is -2.02.